The van der Waals surface area contributed by atoms with Gasteiger partial charge in [-0.1, -0.05) is 0 Å². The molecule has 1 aliphatic carbocycles. The molecule has 8 heteroatoms. The van der Waals surface area contributed by atoms with E-state index in [1.54, 1.807) is 4.52 Å². The van der Waals surface area contributed by atoms with Crippen LogP contribution in [0.5, 0.6) is 0 Å². The lowest BCUT2D eigenvalue weighted by molar-refractivity contribution is -0.182. The van der Waals surface area contributed by atoms with Gasteiger partial charge in [0.2, 0.25) is 0 Å². The maximum atomic E-state index is 12.9. The molecule has 0 unspecified atom stereocenters. The minimum absolute atomic E-state index is 0.0638. The van der Waals surface area contributed by atoms with Crippen LogP contribution in [-0.2, 0) is 4.74 Å². The molecule has 3 heterocycles. The van der Waals surface area contributed by atoms with Crippen molar-refractivity contribution in [2.75, 3.05) is 19.7 Å². The van der Waals surface area contributed by atoms with E-state index in [0.29, 0.717) is 26.0 Å². The molecule has 2 aromatic heterocycles. The van der Waals surface area contributed by atoms with Gasteiger partial charge < -0.3 is 10.1 Å². The SMILES string of the molecule is Cc1cc([C@H]2CNCCO2)n2nc(C3CCC(C(F)(F)F)CC3)cc2n1. The Morgan fingerprint density at radius 1 is 1.19 bits per heavy atom. The first-order chi connectivity index (χ1) is 12.4. The Morgan fingerprint density at radius 2 is 1.96 bits per heavy atom. The van der Waals surface area contributed by atoms with Crippen molar-refractivity contribution in [3.8, 4) is 0 Å². The van der Waals surface area contributed by atoms with Crippen molar-refractivity contribution in [2.45, 2.75) is 50.8 Å². The maximum Gasteiger partial charge on any atom is 0.391 e. The van der Waals surface area contributed by atoms with Crippen LogP contribution in [0.25, 0.3) is 5.65 Å². The highest BCUT2D eigenvalue weighted by Gasteiger charge is 2.42. The summed E-state index contributed by atoms with van der Waals surface area (Å²) in [6, 6.07) is 3.90. The van der Waals surface area contributed by atoms with Crippen molar-refractivity contribution < 1.29 is 17.9 Å². The molecule has 2 aromatic rings. The van der Waals surface area contributed by atoms with Crippen LogP contribution < -0.4 is 5.32 Å². The zero-order chi connectivity index (χ0) is 18.3. The summed E-state index contributed by atoms with van der Waals surface area (Å²) in [5, 5.41) is 8.02. The molecule has 1 saturated heterocycles. The third-order valence-corrected chi connectivity index (χ3v) is 5.47. The predicted octanol–water partition coefficient (Wildman–Crippen LogP) is 3.53. The molecule has 4 rings (SSSR count). The van der Waals surface area contributed by atoms with Gasteiger partial charge in [-0.25, -0.2) is 9.50 Å². The van der Waals surface area contributed by atoms with Gasteiger partial charge in [0.05, 0.1) is 23.9 Å². The Bertz CT molecular complexity index is 775. The van der Waals surface area contributed by atoms with E-state index in [0.717, 1.165) is 29.3 Å². The molecule has 26 heavy (non-hydrogen) atoms. The molecule has 1 N–H and O–H groups in total. The zero-order valence-electron chi connectivity index (χ0n) is 14.7. The van der Waals surface area contributed by atoms with E-state index in [-0.39, 0.29) is 24.9 Å². The Labute approximate surface area is 149 Å². The van der Waals surface area contributed by atoms with Crippen LogP contribution in [0.15, 0.2) is 12.1 Å². The molecule has 1 aliphatic heterocycles. The second-order valence-electron chi connectivity index (χ2n) is 7.32. The van der Waals surface area contributed by atoms with E-state index in [9.17, 15) is 13.2 Å². The van der Waals surface area contributed by atoms with Crippen molar-refractivity contribution >= 4 is 5.65 Å². The highest BCUT2D eigenvalue weighted by Crippen LogP contribution is 2.42. The lowest BCUT2D eigenvalue weighted by Gasteiger charge is -2.28. The average molecular weight is 368 g/mol. The number of nitrogens with one attached hydrogen (secondary N) is 1. The number of rotatable bonds is 2. The summed E-state index contributed by atoms with van der Waals surface area (Å²) in [5.41, 5.74) is 3.40. The van der Waals surface area contributed by atoms with Gasteiger partial charge in [-0.3, -0.25) is 0 Å². The van der Waals surface area contributed by atoms with Crippen LogP contribution in [0.3, 0.4) is 0 Å². The molecule has 0 amide bonds. The Hall–Kier alpha value is -1.67. The molecule has 1 atom stereocenters. The third kappa shape index (κ3) is 3.44. The van der Waals surface area contributed by atoms with Crippen LogP contribution in [-0.4, -0.2) is 40.5 Å². The fourth-order valence-corrected chi connectivity index (χ4v) is 4.05. The standard InChI is InChI=1S/C18H23F3N4O/c1-11-8-15(16-10-22-6-7-26-16)25-17(23-11)9-14(24-25)12-2-4-13(5-3-12)18(19,20)21/h8-9,12-13,16,22H,2-7,10H2,1H3/t12?,13?,16-/m1/s1. The van der Waals surface area contributed by atoms with Gasteiger partial charge in [0.25, 0.3) is 0 Å². The largest absolute Gasteiger partial charge is 0.391 e. The number of aryl methyl sites for hydroxylation is 1. The Balaban J connectivity index is 1.60. The quantitative estimate of drug-likeness (QED) is 0.881. The van der Waals surface area contributed by atoms with E-state index in [2.05, 4.69) is 10.3 Å². The van der Waals surface area contributed by atoms with Gasteiger partial charge in [-0.2, -0.15) is 18.3 Å². The summed E-state index contributed by atoms with van der Waals surface area (Å²) in [4.78, 5) is 4.55. The number of aromatic nitrogens is 3. The van der Waals surface area contributed by atoms with Gasteiger partial charge in [-0.15, -0.1) is 0 Å². The monoisotopic (exact) mass is 368 g/mol. The van der Waals surface area contributed by atoms with Gasteiger partial charge >= 0.3 is 6.18 Å². The molecule has 0 bridgehead atoms. The van der Waals surface area contributed by atoms with Gasteiger partial charge in [0.15, 0.2) is 5.65 Å². The van der Waals surface area contributed by atoms with Crippen molar-refractivity contribution in [2.24, 2.45) is 5.92 Å². The van der Waals surface area contributed by atoms with Crippen LogP contribution in [0.4, 0.5) is 13.2 Å². The minimum atomic E-state index is -4.08. The summed E-state index contributed by atoms with van der Waals surface area (Å²) in [7, 11) is 0. The molecule has 2 aliphatic rings. The highest BCUT2D eigenvalue weighted by atomic mass is 19.4. The number of hydrogen-bond donors (Lipinski definition) is 1. The fourth-order valence-electron chi connectivity index (χ4n) is 4.05. The zero-order valence-corrected chi connectivity index (χ0v) is 14.7. The van der Waals surface area contributed by atoms with Crippen molar-refractivity contribution in [1.82, 2.24) is 19.9 Å². The minimum Gasteiger partial charge on any atom is -0.369 e. The molecule has 0 spiro atoms. The number of fused-ring (bicyclic) bond motifs is 1. The maximum absolute atomic E-state index is 12.9. The van der Waals surface area contributed by atoms with Gasteiger partial charge in [-0.05, 0) is 38.7 Å². The van der Waals surface area contributed by atoms with E-state index in [1.165, 1.54) is 0 Å². The summed E-state index contributed by atoms with van der Waals surface area (Å²) in [6.45, 7) is 4.12. The molecule has 2 fully saturated rings. The number of halogens is 3. The molecular formula is C18H23F3N4O. The summed E-state index contributed by atoms with van der Waals surface area (Å²) < 4.78 is 46.3. The molecule has 142 valence electrons. The van der Waals surface area contributed by atoms with Crippen LogP contribution >= 0.6 is 0 Å². The number of nitrogens with zero attached hydrogens (tertiary/aromatic N) is 3. The topological polar surface area (TPSA) is 51.5 Å². The predicted molar refractivity (Wildman–Crippen MR) is 90.0 cm³/mol. The molecule has 0 radical (unpaired) electrons. The normalized spacial score (nSPS) is 27.8. The first-order valence-electron chi connectivity index (χ1n) is 9.18. The Morgan fingerprint density at radius 3 is 2.62 bits per heavy atom. The van der Waals surface area contributed by atoms with Crippen LogP contribution in [0, 0.1) is 12.8 Å². The molecule has 0 aromatic carbocycles. The second kappa shape index (κ2) is 6.81. The second-order valence-corrected chi connectivity index (χ2v) is 7.32. The number of morpholine rings is 1. The van der Waals surface area contributed by atoms with E-state index < -0.39 is 12.1 Å². The number of ether oxygens (including phenoxy) is 1. The average Bonchev–Trinajstić information content (AvgIpc) is 3.05. The lowest BCUT2D eigenvalue weighted by Crippen LogP contribution is -2.34. The smallest absolute Gasteiger partial charge is 0.369 e. The number of hydrogen-bond acceptors (Lipinski definition) is 4. The third-order valence-electron chi connectivity index (χ3n) is 5.47. The van der Waals surface area contributed by atoms with Crippen LogP contribution in [0.1, 0.15) is 54.8 Å². The summed E-state index contributed by atoms with van der Waals surface area (Å²) in [6.07, 6.45) is -2.79. The van der Waals surface area contributed by atoms with E-state index in [1.807, 2.05) is 19.1 Å². The van der Waals surface area contributed by atoms with Crippen molar-refractivity contribution in [1.29, 1.82) is 0 Å². The molecule has 5 nitrogen and oxygen atoms in total. The van der Waals surface area contributed by atoms with Gasteiger partial charge in [0, 0.05) is 30.8 Å². The molecular weight excluding hydrogens is 345 g/mol. The summed E-state index contributed by atoms with van der Waals surface area (Å²) >= 11 is 0. The number of alkyl halides is 3. The van der Waals surface area contributed by atoms with Crippen molar-refractivity contribution in [3.63, 3.8) is 0 Å². The Kier molecular flexibility index (Phi) is 4.64. The van der Waals surface area contributed by atoms with E-state index >= 15 is 0 Å². The lowest BCUT2D eigenvalue weighted by atomic mass is 9.80. The molecule has 1 saturated carbocycles. The summed E-state index contributed by atoms with van der Waals surface area (Å²) in [5.74, 6) is -1.11. The van der Waals surface area contributed by atoms with Gasteiger partial charge in [0.1, 0.15) is 6.10 Å². The highest BCUT2D eigenvalue weighted by molar-refractivity contribution is 5.43. The van der Waals surface area contributed by atoms with E-state index in [4.69, 9.17) is 9.84 Å². The fraction of sp³-hybridized carbons (Fsp3) is 0.667. The first kappa shape index (κ1) is 17.7. The van der Waals surface area contributed by atoms with Crippen molar-refractivity contribution in [3.05, 3.63) is 29.2 Å². The first-order valence-corrected chi connectivity index (χ1v) is 9.18. The van der Waals surface area contributed by atoms with Crippen LogP contribution in [0.2, 0.25) is 0 Å².